The molecule has 1 nitrogen and oxygen atoms in total. The van der Waals surface area contributed by atoms with Crippen LogP contribution in [-0.2, 0) is 6.42 Å². The molecular weight excluding hydrogens is 176 g/mol. The summed E-state index contributed by atoms with van der Waals surface area (Å²) in [5.41, 5.74) is 1.39. The maximum Gasteiger partial charge on any atom is 0.0627 e. The molecule has 0 unspecified atom stereocenters. The lowest BCUT2D eigenvalue weighted by molar-refractivity contribution is 0.288. The van der Waals surface area contributed by atoms with Crippen LogP contribution in [0.4, 0.5) is 0 Å². The summed E-state index contributed by atoms with van der Waals surface area (Å²) in [4.78, 5) is 0. The standard InChI is InChI=1S/C8H12OS2/c1-10-8-7(3-2-5-9)4-6-11-8/h4,6,9H,2-3,5H2,1H3. The van der Waals surface area contributed by atoms with Gasteiger partial charge in [-0.3, -0.25) is 0 Å². The van der Waals surface area contributed by atoms with Gasteiger partial charge in [0.2, 0.25) is 0 Å². The van der Waals surface area contributed by atoms with Crippen LogP contribution >= 0.6 is 23.1 Å². The van der Waals surface area contributed by atoms with Crippen LogP contribution in [-0.4, -0.2) is 18.0 Å². The summed E-state index contributed by atoms with van der Waals surface area (Å²) >= 11 is 3.57. The van der Waals surface area contributed by atoms with Crippen molar-refractivity contribution in [2.24, 2.45) is 0 Å². The number of hydrogen-bond acceptors (Lipinski definition) is 3. The number of hydrogen-bond donors (Lipinski definition) is 1. The van der Waals surface area contributed by atoms with E-state index in [9.17, 15) is 0 Å². The van der Waals surface area contributed by atoms with Crippen LogP contribution in [0, 0.1) is 0 Å². The summed E-state index contributed by atoms with van der Waals surface area (Å²) in [5.74, 6) is 0. The first-order valence-electron chi connectivity index (χ1n) is 3.59. The Morgan fingerprint density at radius 3 is 3.09 bits per heavy atom. The monoisotopic (exact) mass is 188 g/mol. The summed E-state index contributed by atoms with van der Waals surface area (Å²) < 4.78 is 1.39. The van der Waals surface area contributed by atoms with E-state index in [1.54, 1.807) is 23.1 Å². The molecule has 0 aliphatic rings. The molecule has 11 heavy (non-hydrogen) atoms. The fraction of sp³-hybridized carbons (Fsp3) is 0.500. The highest BCUT2D eigenvalue weighted by Gasteiger charge is 2.01. The van der Waals surface area contributed by atoms with Gasteiger partial charge in [0, 0.05) is 6.61 Å². The Kier molecular flexibility index (Phi) is 3.97. The smallest absolute Gasteiger partial charge is 0.0627 e. The van der Waals surface area contributed by atoms with E-state index in [0.717, 1.165) is 12.8 Å². The third kappa shape index (κ3) is 2.51. The van der Waals surface area contributed by atoms with E-state index in [1.807, 2.05) is 0 Å². The van der Waals surface area contributed by atoms with E-state index in [4.69, 9.17) is 5.11 Å². The average Bonchev–Trinajstić information content (AvgIpc) is 2.47. The van der Waals surface area contributed by atoms with E-state index < -0.39 is 0 Å². The maximum absolute atomic E-state index is 8.63. The zero-order valence-corrected chi connectivity index (χ0v) is 8.17. The first-order valence-corrected chi connectivity index (χ1v) is 5.70. The quantitative estimate of drug-likeness (QED) is 0.732. The highest BCUT2D eigenvalue weighted by atomic mass is 32.2. The second-order valence-corrected chi connectivity index (χ2v) is 4.26. The minimum absolute atomic E-state index is 0.295. The fourth-order valence-corrected chi connectivity index (χ4v) is 2.62. The van der Waals surface area contributed by atoms with Crippen LogP contribution in [0.1, 0.15) is 12.0 Å². The second kappa shape index (κ2) is 4.80. The zero-order valence-electron chi connectivity index (χ0n) is 6.54. The summed E-state index contributed by atoms with van der Waals surface area (Å²) in [6.07, 6.45) is 3.98. The SMILES string of the molecule is CSc1sccc1CCCO. The van der Waals surface area contributed by atoms with E-state index in [1.165, 1.54) is 9.77 Å². The Bertz CT molecular complexity index is 208. The molecule has 0 fully saturated rings. The van der Waals surface area contributed by atoms with Crippen molar-refractivity contribution < 1.29 is 5.11 Å². The minimum Gasteiger partial charge on any atom is -0.396 e. The molecule has 1 aromatic rings. The van der Waals surface area contributed by atoms with Gasteiger partial charge in [0.1, 0.15) is 0 Å². The number of thioether (sulfide) groups is 1. The van der Waals surface area contributed by atoms with Crippen molar-refractivity contribution in [2.75, 3.05) is 12.9 Å². The molecule has 0 atom stereocenters. The molecule has 0 saturated heterocycles. The predicted molar refractivity (Wildman–Crippen MR) is 51.5 cm³/mol. The summed E-state index contributed by atoms with van der Waals surface area (Å²) in [6, 6.07) is 2.14. The van der Waals surface area contributed by atoms with Crippen LogP contribution < -0.4 is 0 Å². The molecule has 0 aliphatic carbocycles. The molecule has 0 radical (unpaired) electrons. The minimum atomic E-state index is 0.295. The van der Waals surface area contributed by atoms with E-state index in [-0.39, 0.29) is 0 Å². The van der Waals surface area contributed by atoms with Crippen LogP contribution in [0.2, 0.25) is 0 Å². The molecule has 62 valence electrons. The molecule has 1 aromatic heterocycles. The number of thiophene rings is 1. The molecular formula is C8H12OS2. The van der Waals surface area contributed by atoms with Crippen molar-refractivity contribution in [2.45, 2.75) is 17.1 Å². The van der Waals surface area contributed by atoms with Gasteiger partial charge >= 0.3 is 0 Å². The predicted octanol–water partition coefficient (Wildman–Crippen LogP) is 2.39. The lowest BCUT2D eigenvalue weighted by Gasteiger charge is -1.97. The van der Waals surface area contributed by atoms with Gasteiger partial charge in [-0.25, -0.2) is 0 Å². The van der Waals surface area contributed by atoms with Crippen LogP contribution in [0.3, 0.4) is 0 Å². The molecule has 1 rings (SSSR count). The number of aryl methyl sites for hydroxylation is 1. The van der Waals surface area contributed by atoms with Crippen LogP contribution in [0.5, 0.6) is 0 Å². The number of aliphatic hydroxyl groups excluding tert-OH is 1. The lowest BCUT2D eigenvalue weighted by Crippen LogP contribution is -1.87. The van der Waals surface area contributed by atoms with Gasteiger partial charge in [0.15, 0.2) is 0 Å². The van der Waals surface area contributed by atoms with Crippen molar-refractivity contribution >= 4 is 23.1 Å². The van der Waals surface area contributed by atoms with Gasteiger partial charge in [-0.2, -0.15) is 0 Å². The first-order chi connectivity index (χ1) is 5.38. The van der Waals surface area contributed by atoms with Crippen LogP contribution in [0.15, 0.2) is 15.7 Å². The molecule has 0 saturated carbocycles. The molecule has 1 N–H and O–H groups in total. The fourth-order valence-electron chi connectivity index (χ4n) is 0.956. The second-order valence-electron chi connectivity index (χ2n) is 2.26. The molecule has 0 bridgehead atoms. The Hall–Kier alpha value is 0.01000. The maximum atomic E-state index is 8.63. The topological polar surface area (TPSA) is 20.2 Å². The molecule has 3 heteroatoms. The van der Waals surface area contributed by atoms with E-state index in [0.29, 0.717) is 6.61 Å². The summed E-state index contributed by atoms with van der Waals surface area (Å²) in [6.45, 7) is 0.295. The Labute approximate surface area is 75.4 Å². The number of aliphatic hydroxyl groups is 1. The first kappa shape index (κ1) is 9.10. The highest BCUT2D eigenvalue weighted by molar-refractivity contribution is 8.00. The van der Waals surface area contributed by atoms with Crippen molar-refractivity contribution in [3.8, 4) is 0 Å². The van der Waals surface area contributed by atoms with Crippen molar-refractivity contribution in [1.29, 1.82) is 0 Å². The van der Waals surface area contributed by atoms with E-state index >= 15 is 0 Å². The van der Waals surface area contributed by atoms with Gasteiger partial charge in [0.25, 0.3) is 0 Å². The molecule has 1 heterocycles. The van der Waals surface area contributed by atoms with Gasteiger partial charge in [-0.15, -0.1) is 23.1 Å². The zero-order chi connectivity index (χ0) is 8.10. The molecule has 0 aliphatic heterocycles. The van der Waals surface area contributed by atoms with Crippen LogP contribution in [0.25, 0.3) is 0 Å². The molecule has 0 aromatic carbocycles. The van der Waals surface area contributed by atoms with Gasteiger partial charge in [-0.05, 0) is 36.1 Å². The molecule has 0 amide bonds. The van der Waals surface area contributed by atoms with E-state index in [2.05, 4.69) is 17.7 Å². The van der Waals surface area contributed by atoms with Gasteiger partial charge in [0.05, 0.1) is 4.21 Å². The van der Waals surface area contributed by atoms with Crippen molar-refractivity contribution in [1.82, 2.24) is 0 Å². The Balaban J connectivity index is 2.54. The van der Waals surface area contributed by atoms with Crippen molar-refractivity contribution in [3.05, 3.63) is 17.0 Å². The third-order valence-corrected chi connectivity index (χ3v) is 3.67. The largest absolute Gasteiger partial charge is 0.396 e. The normalized spacial score (nSPS) is 10.4. The Morgan fingerprint density at radius 1 is 1.64 bits per heavy atom. The number of rotatable bonds is 4. The average molecular weight is 188 g/mol. The highest BCUT2D eigenvalue weighted by Crippen LogP contribution is 2.27. The van der Waals surface area contributed by atoms with Gasteiger partial charge < -0.3 is 5.11 Å². The summed E-state index contributed by atoms with van der Waals surface area (Å²) in [7, 11) is 0. The van der Waals surface area contributed by atoms with Gasteiger partial charge in [-0.1, -0.05) is 0 Å². The third-order valence-electron chi connectivity index (χ3n) is 1.50. The molecule has 0 spiro atoms. The Morgan fingerprint density at radius 2 is 2.45 bits per heavy atom. The lowest BCUT2D eigenvalue weighted by atomic mass is 10.2. The summed E-state index contributed by atoms with van der Waals surface area (Å²) in [5, 5.41) is 10.7. The van der Waals surface area contributed by atoms with Crippen molar-refractivity contribution in [3.63, 3.8) is 0 Å².